The third kappa shape index (κ3) is 3.48. The molecule has 1 aromatic heterocycles. The van der Waals surface area contributed by atoms with Crippen molar-refractivity contribution in [1.29, 1.82) is 0 Å². The van der Waals surface area contributed by atoms with Gasteiger partial charge in [0, 0.05) is 32.0 Å². The van der Waals surface area contributed by atoms with Crippen LogP contribution in [-0.4, -0.2) is 35.6 Å². The monoisotopic (exact) mass is 246 g/mol. The van der Waals surface area contributed by atoms with Crippen molar-refractivity contribution in [3.63, 3.8) is 0 Å². The van der Waals surface area contributed by atoms with Crippen LogP contribution in [0.25, 0.3) is 0 Å². The summed E-state index contributed by atoms with van der Waals surface area (Å²) in [6.45, 7) is 2.10. The Hall–Kier alpha value is -1.50. The number of alkyl halides is 2. The number of nitrogens with two attached hydrogens (primary N) is 1. The largest absolute Gasteiger partial charge is 0.345 e. The smallest absolute Gasteiger partial charge is 0.293 e. The van der Waals surface area contributed by atoms with Crippen molar-refractivity contribution in [2.24, 2.45) is 5.73 Å². The molecule has 1 heterocycles. The number of anilines is 1. The number of nitrogens with zero attached hydrogens (tertiary/aromatic N) is 3. The molecule has 0 fully saturated rings. The van der Waals surface area contributed by atoms with Crippen molar-refractivity contribution < 1.29 is 8.78 Å². The van der Waals surface area contributed by atoms with Crippen LogP contribution in [0.4, 0.5) is 14.6 Å². The maximum atomic E-state index is 12.4. The Bertz CT molecular complexity index is 408. The molecule has 7 heteroatoms. The summed E-state index contributed by atoms with van der Waals surface area (Å²) in [6, 6.07) is 0. The standard InChI is InChI=1S/C10H16F2N4O/c1-2-15-6-4-14-9(10(15)17)16(5-3-13)7-8(11)12/h4,6,8H,2-3,5,7,13H2,1H3. The Balaban J connectivity index is 3.05. The maximum Gasteiger partial charge on any atom is 0.293 e. The van der Waals surface area contributed by atoms with Crippen LogP contribution in [0.15, 0.2) is 17.2 Å². The minimum Gasteiger partial charge on any atom is -0.345 e. The van der Waals surface area contributed by atoms with E-state index in [9.17, 15) is 13.6 Å². The highest BCUT2D eigenvalue weighted by Gasteiger charge is 2.16. The molecule has 96 valence electrons. The molecule has 1 rings (SSSR count). The summed E-state index contributed by atoms with van der Waals surface area (Å²) in [7, 11) is 0. The molecule has 0 atom stereocenters. The molecular weight excluding hydrogens is 230 g/mol. The lowest BCUT2D eigenvalue weighted by Crippen LogP contribution is -2.39. The van der Waals surface area contributed by atoms with Gasteiger partial charge in [0.1, 0.15) is 0 Å². The van der Waals surface area contributed by atoms with Gasteiger partial charge in [-0.25, -0.2) is 13.8 Å². The van der Waals surface area contributed by atoms with E-state index in [-0.39, 0.29) is 24.5 Å². The number of hydrogen-bond donors (Lipinski definition) is 1. The Morgan fingerprint density at radius 3 is 2.82 bits per heavy atom. The molecule has 0 aliphatic carbocycles. The summed E-state index contributed by atoms with van der Waals surface area (Å²) in [4.78, 5) is 17.0. The molecule has 0 spiro atoms. The second kappa shape index (κ2) is 6.29. The van der Waals surface area contributed by atoms with E-state index < -0.39 is 13.0 Å². The molecule has 1 aromatic rings. The van der Waals surface area contributed by atoms with Gasteiger partial charge < -0.3 is 15.2 Å². The number of aryl methyl sites for hydroxylation is 1. The quantitative estimate of drug-likeness (QED) is 0.783. The molecule has 5 nitrogen and oxygen atoms in total. The SMILES string of the molecule is CCn1ccnc(N(CCN)CC(F)F)c1=O. The summed E-state index contributed by atoms with van der Waals surface area (Å²) in [5.74, 6) is 0.0279. The Morgan fingerprint density at radius 1 is 1.59 bits per heavy atom. The zero-order valence-corrected chi connectivity index (χ0v) is 9.64. The minimum atomic E-state index is -2.53. The number of halogens is 2. The zero-order chi connectivity index (χ0) is 12.8. The van der Waals surface area contributed by atoms with Gasteiger partial charge in [0.25, 0.3) is 12.0 Å². The molecule has 0 aromatic carbocycles. The minimum absolute atomic E-state index is 0.0279. The van der Waals surface area contributed by atoms with Gasteiger partial charge in [-0.2, -0.15) is 0 Å². The van der Waals surface area contributed by atoms with E-state index in [0.29, 0.717) is 6.54 Å². The highest BCUT2D eigenvalue weighted by molar-refractivity contribution is 5.35. The van der Waals surface area contributed by atoms with Crippen molar-refractivity contribution in [3.8, 4) is 0 Å². The molecule has 0 amide bonds. The van der Waals surface area contributed by atoms with Gasteiger partial charge in [-0.05, 0) is 6.92 Å². The molecule has 0 saturated carbocycles. The summed E-state index contributed by atoms with van der Waals surface area (Å²) >= 11 is 0. The molecule has 0 bridgehead atoms. The third-order valence-electron chi connectivity index (χ3n) is 2.29. The maximum absolute atomic E-state index is 12.4. The first-order valence-electron chi connectivity index (χ1n) is 5.38. The van der Waals surface area contributed by atoms with E-state index in [1.807, 2.05) is 0 Å². The highest BCUT2D eigenvalue weighted by Crippen LogP contribution is 2.06. The number of aromatic nitrogens is 2. The zero-order valence-electron chi connectivity index (χ0n) is 9.64. The average molecular weight is 246 g/mol. The third-order valence-corrected chi connectivity index (χ3v) is 2.29. The van der Waals surface area contributed by atoms with Crippen LogP contribution in [0, 0.1) is 0 Å². The lowest BCUT2D eigenvalue weighted by atomic mass is 10.4. The first kappa shape index (κ1) is 13.6. The molecule has 2 N–H and O–H groups in total. The van der Waals surface area contributed by atoms with Crippen molar-refractivity contribution in [1.82, 2.24) is 9.55 Å². The van der Waals surface area contributed by atoms with Gasteiger partial charge in [-0.1, -0.05) is 0 Å². The number of rotatable bonds is 6. The Morgan fingerprint density at radius 2 is 2.29 bits per heavy atom. The van der Waals surface area contributed by atoms with Gasteiger partial charge in [-0.3, -0.25) is 4.79 Å². The second-order valence-electron chi connectivity index (χ2n) is 3.47. The van der Waals surface area contributed by atoms with E-state index >= 15 is 0 Å². The van der Waals surface area contributed by atoms with E-state index in [4.69, 9.17) is 5.73 Å². The predicted octanol–water partition coefficient (Wildman–Crippen LogP) is 0.293. The van der Waals surface area contributed by atoms with Gasteiger partial charge in [0.05, 0.1) is 6.54 Å². The number of hydrogen-bond acceptors (Lipinski definition) is 4. The first-order valence-corrected chi connectivity index (χ1v) is 5.38. The van der Waals surface area contributed by atoms with E-state index in [2.05, 4.69) is 4.98 Å². The van der Waals surface area contributed by atoms with Gasteiger partial charge in [0.2, 0.25) is 0 Å². The van der Waals surface area contributed by atoms with Crippen molar-refractivity contribution in [2.75, 3.05) is 24.5 Å². The van der Waals surface area contributed by atoms with Crippen molar-refractivity contribution >= 4 is 5.82 Å². The van der Waals surface area contributed by atoms with E-state index in [1.165, 1.54) is 21.9 Å². The molecule has 0 unspecified atom stereocenters. The lowest BCUT2D eigenvalue weighted by Gasteiger charge is -2.22. The fraction of sp³-hybridized carbons (Fsp3) is 0.600. The van der Waals surface area contributed by atoms with Crippen LogP contribution < -0.4 is 16.2 Å². The Labute approximate surface area is 97.9 Å². The van der Waals surface area contributed by atoms with Crippen LogP contribution >= 0.6 is 0 Å². The van der Waals surface area contributed by atoms with Gasteiger partial charge in [-0.15, -0.1) is 0 Å². The van der Waals surface area contributed by atoms with Crippen LogP contribution in [0.3, 0.4) is 0 Å². The second-order valence-corrected chi connectivity index (χ2v) is 3.47. The molecule has 0 aliphatic rings. The van der Waals surface area contributed by atoms with Crippen LogP contribution in [0.5, 0.6) is 0 Å². The molecule has 0 radical (unpaired) electrons. The molecule has 17 heavy (non-hydrogen) atoms. The van der Waals surface area contributed by atoms with Gasteiger partial charge >= 0.3 is 0 Å². The normalized spacial score (nSPS) is 10.9. The summed E-state index contributed by atoms with van der Waals surface area (Å²) in [5, 5.41) is 0. The summed E-state index contributed by atoms with van der Waals surface area (Å²) < 4.78 is 26.2. The van der Waals surface area contributed by atoms with Crippen LogP contribution in [0.2, 0.25) is 0 Å². The van der Waals surface area contributed by atoms with Crippen molar-refractivity contribution in [2.45, 2.75) is 19.9 Å². The van der Waals surface area contributed by atoms with Crippen LogP contribution in [0.1, 0.15) is 6.92 Å². The summed E-state index contributed by atoms with van der Waals surface area (Å²) in [6.07, 6.45) is 0.419. The fourth-order valence-electron chi connectivity index (χ4n) is 1.51. The lowest BCUT2D eigenvalue weighted by molar-refractivity contribution is 0.154. The Kier molecular flexibility index (Phi) is 5.02. The topological polar surface area (TPSA) is 64.2 Å². The first-order chi connectivity index (χ1) is 8.10. The fourth-order valence-corrected chi connectivity index (χ4v) is 1.51. The van der Waals surface area contributed by atoms with Crippen LogP contribution in [-0.2, 0) is 6.54 Å². The van der Waals surface area contributed by atoms with E-state index in [1.54, 1.807) is 6.92 Å². The molecular formula is C10H16F2N4O. The predicted molar refractivity (Wildman–Crippen MR) is 61.4 cm³/mol. The van der Waals surface area contributed by atoms with E-state index in [0.717, 1.165) is 0 Å². The molecule has 0 aliphatic heterocycles. The van der Waals surface area contributed by atoms with Gasteiger partial charge in [0.15, 0.2) is 5.82 Å². The average Bonchev–Trinajstić information content (AvgIpc) is 2.28. The van der Waals surface area contributed by atoms with Crippen molar-refractivity contribution in [3.05, 3.63) is 22.7 Å². The highest BCUT2D eigenvalue weighted by atomic mass is 19.3. The molecule has 0 saturated heterocycles. The summed E-state index contributed by atoms with van der Waals surface area (Å²) in [5.41, 5.74) is 4.97.